The summed E-state index contributed by atoms with van der Waals surface area (Å²) in [5.74, 6) is 0. The highest BCUT2D eigenvalue weighted by Crippen LogP contribution is 2.24. The van der Waals surface area contributed by atoms with Crippen molar-refractivity contribution in [3.8, 4) is 0 Å². The standard InChI is InChI=1S/C13H16Cl2N2O4/c1-8(2)16-12(18)20-5-6-21-13(19)17-9-3-4-10(14)11(15)7-9/h3-4,7-8H,5-6H2,1-2H3,(H,16,18)(H,17,19). The molecule has 0 aliphatic rings. The second-order valence-electron chi connectivity index (χ2n) is 4.32. The molecule has 0 saturated carbocycles. The summed E-state index contributed by atoms with van der Waals surface area (Å²) in [6, 6.07) is 4.62. The second-order valence-corrected chi connectivity index (χ2v) is 5.14. The van der Waals surface area contributed by atoms with Gasteiger partial charge in [0.2, 0.25) is 0 Å². The molecule has 1 aromatic carbocycles. The molecule has 21 heavy (non-hydrogen) atoms. The van der Waals surface area contributed by atoms with Gasteiger partial charge in [-0.25, -0.2) is 9.59 Å². The van der Waals surface area contributed by atoms with Gasteiger partial charge in [-0.1, -0.05) is 23.2 Å². The third-order valence-corrected chi connectivity index (χ3v) is 2.86. The fraction of sp³-hybridized carbons (Fsp3) is 0.385. The first-order valence-electron chi connectivity index (χ1n) is 6.20. The lowest BCUT2D eigenvalue weighted by atomic mass is 10.3. The number of anilines is 1. The van der Waals surface area contributed by atoms with E-state index < -0.39 is 12.2 Å². The maximum absolute atomic E-state index is 11.5. The first-order valence-corrected chi connectivity index (χ1v) is 6.96. The normalized spacial score (nSPS) is 10.1. The highest BCUT2D eigenvalue weighted by molar-refractivity contribution is 6.42. The molecule has 0 aliphatic heterocycles. The van der Waals surface area contributed by atoms with E-state index in [1.54, 1.807) is 12.1 Å². The SMILES string of the molecule is CC(C)NC(=O)OCCOC(=O)Nc1ccc(Cl)c(Cl)c1. The van der Waals surface area contributed by atoms with E-state index in [4.69, 9.17) is 32.7 Å². The van der Waals surface area contributed by atoms with Gasteiger partial charge in [-0.05, 0) is 32.0 Å². The smallest absolute Gasteiger partial charge is 0.411 e. The quantitative estimate of drug-likeness (QED) is 0.805. The van der Waals surface area contributed by atoms with Crippen LogP contribution in [0.15, 0.2) is 18.2 Å². The zero-order valence-electron chi connectivity index (χ0n) is 11.6. The number of halogens is 2. The van der Waals surface area contributed by atoms with Crippen LogP contribution >= 0.6 is 23.2 Å². The third kappa shape index (κ3) is 7.06. The summed E-state index contributed by atoms with van der Waals surface area (Å²) in [5, 5.41) is 5.72. The molecule has 1 rings (SSSR count). The number of benzene rings is 1. The van der Waals surface area contributed by atoms with Gasteiger partial charge >= 0.3 is 12.2 Å². The van der Waals surface area contributed by atoms with E-state index in [1.165, 1.54) is 6.07 Å². The lowest BCUT2D eigenvalue weighted by Gasteiger charge is -2.10. The molecule has 8 heteroatoms. The van der Waals surface area contributed by atoms with Crippen LogP contribution in [0.5, 0.6) is 0 Å². The van der Waals surface area contributed by atoms with Gasteiger partial charge in [0.25, 0.3) is 0 Å². The molecule has 2 amide bonds. The van der Waals surface area contributed by atoms with Crippen LogP contribution in [0.4, 0.5) is 15.3 Å². The van der Waals surface area contributed by atoms with Crippen molar-refractivity contribution in [1.82, 2.24) is 5.32 Å². The summed E-state index contributed by atoms with van der Waals surface area (Å²) in [5.41, 5.74) is 0.452. The topological polar surface area (TPSA) is 76.7 Å². The summed E-state index contributed by atoms with van der Waals surface area (Å²) in [4.78, 5) is 22.6. The molecular weight excluding hydrogens is 319 g/mol. The van der Waals surface area contributed by atoms with Gasteiger partial charge in [-0.3, -0.25) is 5.32 Å². The molecule has 116 valence electrons. The number of ether oxygens (including phenoxy) is 2. The van der Waals surface area contributed by atoms with Crippen molar-refractivity contribution in [3.63, 3.8) is 0 Å². The lowest BCUT2D eigenvalue weighted by Crippen LogP contribution is -2.31. The molecular formula is C13H16Cl2N2O4. The van der Waals surface area contributed by atoms with E-state index in [0.717, 1.165) is 0 Å². The van der Waals surface area contributed by atoms with Crippen LogP contribution in [0.25, 0.3) is 0 Å². The lowest BCUT2D eigenvalue weighted by molar-refractivity contribution is 0.101. The maximum atomic E-state index is 11.5. The van der Waals surface area contributed by atoms with E-state index in [2.05, 4.69) is 10.6 Å². The van der Waals surface area contributed by atoms with Crippen LogP contribution in [0, 0.1) is 0 Å². The molecule has 0 aliphatic carbocycles. The summed E-state index contributed by atoms with van der Waals surface area (Å²) in [7, 11) is 0. The minimum absolute atomic E-state index is 0.0172. The van der Waals surface area contributed by atoms with Crippen LogP contribution in [0.2, 0.25) is 10.0 Å². The highest BCUT2D eigenvalue weighted by atomic mass is 35.5. The van der Waals surface area contributed by atoms with E-state index in [9.17, 15) is 9.59 Å². The number of carbonyl (C=O) groups excluding carboxylic acids is 2. The van der Waals surface area contributed by atoms with Crippen LogP contribution in [0.3, 0.4) is 0 Å². The fourth-order valence-corrected chi connectivity index (χ4v) is 1.57. The van der Waals surface area contributed by atoms with Gasteiger partial charge in [-0.15, -0.1) is 0 Å². The third-order valence-electron chi connectivity index (χ3n) is 2.12. The van der Waals surface area contributed by atoms with Crippen molar-refractivity contribution in [1.29, 1.82) is 0 Å². The molecule has 0 unspecified atom stereocenters. The van der Waals surface area contributed by atoms with E-state index >= 15 is 0 Å². The van der Waals surface area contributed by atoms with Crippen LogP contribution in [0.1, 0.15) is 13.8 Å². The number of carbonyl (C=O) groups is 2. The van der Waals surface area contributed by atoms with Crippen molar-refractivity contribution in [2.24, 2.45) is 0 Å². The Morgan fingerprint density at radius 3 is 2.29 bits per heavy atom. The zero-order chi connectivity index (χ0) is 15.8. The number of nitrogens with one attached hydrogen (secondary N) is 2. The van der Waals surface area contributed by atoms with Crippen molar-refractivity contribution in [2.75, 3.05) is 18.5 Å². The first-order chi connectivity index (χ1) is 9.88. The van der Waals surface area contributed by atoms with Crippen LogP contribution in [-0.4, -0.2) is 31.4 Å². The average Bonchev–Trinajstić information content (AvgIpc) is 2.38. The number of hydrogen-bond donors (Lipinski definition) is 2. The van der Waals surface area contributed by atoms with E-state index in [-0.39, 0.29) is 19.3 Å². The summed E-state index contributed by atoms with van der Waals surface area (Å²) in [6.07, 6.45) is -1.24. The molecule has 0 aromatic heterocycles. The van der Waals surface area contributed by atoms with Crippen LogP contribution in [-0.2, 0) is 9.47 Å². The van der Waals surface area contributed by atoms with Crippen molar-refractivity contribution >= 4 is 41.1 Å². The highest BCUT2D eigenvalue weighted by Gasteiger charge is 2.07. The Hall–Kier alpha value is -1.66. The predicted molar refractivity (Wildman–Crippen MR) is 81.1 cm³/mol. The predicted octanol–water partition coefficient (Wildman–Crippen LogP) is 3.68. The molecule has 2 N–H and O–H groups in total. The zero-order valence-corrected chi connectivity index (χ0v) is 13.1. The molecule has 0 saturated heterocycles. The Morgan fingerprint density at radius 1 is 1.10 bits per heavy atom. The van der Waals surface area contributed by atoms with E-state index in [1.807, 2.05) is 13.8 Å². The van der Waals surface area contributed by atoms with Gasteiger partial charge in [-0.2, -0.15) is 0 Å². The molecule has 0 bridgehead atoms. The summed E-state index contributed by atoms with van der Waals surface area (Å²) in [6.45, 7) is 3.52. The minimum atomic E-state index is -0.679. The van der Waals surface area contributed by atoms with Crippen LogP contribution < -0.4 is 10.6 Å². The van der Waals surface area contributed by atoms with Gasteiger partial charge < -0.3 is 14.8 Å². The molecule has 0 heterocycles. The molecule has 0 radical (unpaired) electrons. The molecule has 0 fully saturated rings. The Balaban J connectivity index is 2.25. The van der Waals surface area contributed by atoms with Crippen molar-refractivity contribution < 1.29 is 19.1 Å². The first kappa shape index (κ1) is 17.4. The second kappa shape index (κ2) is 8.59. The maximum Gasteiger partial charge on any atom is 0.411 e. The van der Waals surface area contributed by atoms with Gasteiger partial charge in [0.1, 0.15) is 13.2 Å². The summed E-state index contributed by atoms with van der Waals surface area (Å²) >= 11 is 11.6. The molecule has 0 spiro atoms. The molecule has 1 aromatic rings. The summed E-state index contributed by atoms with van der Waals surface area (Å²) < 4.78 is 9.64. The monoisotopic (exact) mass is 334 g/mol. The largest absolute Gasteiger partial charge is 0.446 e. The average molecular weight is 335 g/mol. The molecule has 0 atom stereocenters. The number of hydrogen-bond acceptors (Lipinski definition) is 4. The number of amides is 2. The Morgan fingerprint density at radius 2 is 1.71 bits per heavy atom. The van der Waals surface area contributed by atoms with E-state index in [0.29, 0.717) is 15.7 Å². The minimum Gasteiger partial charge on any atom is -0.446 e. The number of alkyl carbamates (subject to hydrolysis) is 1. The van der Waals surface area contributed by atoms with Gasteiger partial charge in [0, 0.05) is 11.7 Å². The Kier molecular flexibility index (Phi) is 7.11. The van der Waals surface area contributed by atoms with Gasteiger partial charge in [0.15, 0.2) is 0 Å². The molecule has 6 nitrogen and oxygen atoms in total. The van der Waals surface area contributed by atoms with Crippen molar-refractivity contribution in [3.05, 3.63) is 28.2 Å². The Bertz CT molecular complexity index is 509. The van der Waals surface area contributed by atoms with Gasteiger partial charge in [0.05, 0.1) is 10.0 Å². The van der Waals surface area contributed by atoms with Crippen molar-refractivity contribution in [2.45, 2.75) is 19.9 Å². The fourth-order valence-electron chi connectivity index (χ4n) is 1.27. The number of rotatable bonds is 5. The Labute approximate surface area is 132 Å².